The van der Waals surface area contributed by atoms with Gasteiger partial charge in [0, 0.05) is 32.5 Å². The molecule has 4 aromatic rings. The van der Waals surface area contributed by atoms with Gasteiger partial charge < -0.3 is 0 Å². The molecule has 0 bridgehead atoms. The third-order valence-electron chi connectivity index (χ3n) is 4.25. The van der Waals surface area contributed by atoms with Crippen molar-refractivity contribution in [3.63, 3.8) is 0 Å². The molecule has 0 aliphatic carbocycles. The quantitative estimate of drug-likeness (QED) is 0.180. The molecule has 0 aliphatic heterocycles. The summed E-state index contributed by atoms with van der Waals surface area (Å²) < 4.78 is 17.8. The van der Waals surface area contributed by atoms with Crippen LogP contribution in [0, 0.1) is 10.1 Å². The number of nitro groups is 1. The van der Waals surface area contributed by atoms with Crippen molar-refractivity contribution in [1.29, 1.82) is 0 Å². The van der Waals surface area contributed by atoms with Crippen LogP contribution in [0.25, 0.3) is 10.1 Å². The molecule has 5 nitrogen and oxygen atoms in total. The number of hydrogen-bond donors (Lipinski definition) is 1. The Morgan fingerprint density at radius 3 is 2.70 bits per heavy atom. The third-order valence-corrected chi connectivity index (χ3v) is 8.13. The summed E-state index contributed by atoms with van der Waals surface area (Å²) in [6, 6.07) is 21.7. The second-order valence-electron chi connectivity index (χ2n) is 6.33. The first-order valence-electron chi connectivity index (χ1n) is 8.82. The number of nitrogens with zero attached hydrogens (tertiary/aromatic N) is 1. The van der Waals surface area contributed by atoms with E-state index in [2.05, 4.69) is 4.72 Å². The lowest BCUT2D eigenvalue weighted by Gasteiger charge is -2.11. The number of nitro benzene ring substituents is 1. The van der Waals surface area contributed by atoms with Crippen LogP contribution in [-0.2, 0) is 16.7 Å². The molecular formula is C21H15ClN2O3S3. The van der Waals surface area contributed by atoms with Crippen LogP contribution in [0.1, 0.15) is 5.56 Å². The maximum Gasteiger partial charge on any atom is 0.269 e. The molecule has 1 aromatic heterocycles. The summed E-state index contributed by atoms with van der Waals surface area (Å²) in [7, 11) is -1.44. The van der Waals surface area contributed by atoms with E-state index < -0.39 is 15.9 Å². The fourth-order valence-corrected chi connectivity index (χ4v) is 6.19. The predicted octanol–water partition coefficient (Wildman–Crippen LogP) is 6.89. The van der Waals surface area contributed by atoms with E-state index in [9.17, 15) is 14.3 Å². The van der Waals surface area contributed by atoms with Gasteiger partial charge in [0.2, 0.25) is 0 Å². The lowest BCUT2D eigenvalue weighted by atomic mass is 10.2. The lowest BCUT2D eigenvalue weighted by Crippen LogP contribution is -2.04. The molecule has 3 aromatic carbocycles. The monoisotopic (exact) mass is 474 g/mol. The Labute approximate surface area is 188 Å². The van der Waals surface area contributed by atoms with Gasteiger partial charge in [0.1, 0.15) is 4.21 Å². The van der Waals surface area contributed by atoms with Gasteiger partial charge in [-0.05, 0) is 41.3 Å². The molecule has 152 valence electrons. The van der Waals surface area contributed by atoms with Crippen LogP contribution in [0.4, 0.5) is 11.4 Å². The van der Waals surface area contributed by atoms with E-state index in [-0.39, 0.29) is 5.69 Å². The largest absolute Gasteiger partial charge is 0.299 e. The van der Waals surface area contributed by atoms with Crippen molar-refractivity contribution in [3.05, 3.63) is 93.5 Å². The minimum Gasteiger partial charge on any atom is -0.299 e. The Morgan fingerprint density at radius 2 is 1.90 bits per heavy atom. The minimum atomic E-state index is -1.44. The second kappa shape index (κ2) is 9.18. The number of rotatable bonds is 7. The predicted molar refractivity (Wildman–Crippen MR) is 126 cm³/mol. The van der Waals surface area contributed by atoms with Gasteiger partial charge in [0.25, 0.3) is 5.69 Å². The van der Waals surface area contributed by atoms with Crippen LogP contribution >= 0.6 is 34.7 Å². The molecule has 1 unspecified atom stereocenters. The van der Waals surface area contributed by atoms with E-state index in [1.165, 1.54) is 29.2 Å². The maximum absolute atomic E-state index is 12.9. The average Bonchev–Trinajstić information content (AvgIpc) is 3.18. The molecule has 9 heteroatoms. The van der Waals surface area contributed by atoms with Gasteiger partial charge >= 0.3 is 0 Å². The zero-order valence-corrected chi connectivity index (χ0v) is 18.6. The third kappa shape index (κ3) is 4.84. The molecule has 1 heterocycles. The highest BCUT2D eigenvalue weighted by atomic mass is 35.5. The highest BCUT2D eigenvalue weighted by Crippen LogP contribution is 2.35. The molecule has 1 N–H and O–H groups in total. The standard InChI is InChI=1S/C21H15ClN2O3S3/c22-16-8-9-20(28-13-14-4-3-6-17(10-14)24(25)26)18(12-16)23-30(27)21-11-15-5-1-2-7-19(15)29-21/h1-12,23H,13H2. The van der Waals surface area contributed by atoms with Gasteiger partial charge in [0.15, 0.2) is 11.0 Å². The molecule has 0 spiro atoms. The first-order valence-corrected chi connectivity index (χ1v) is 12.2. The molecular weight excluding hydrogens is 460 g/mol. The summed E-state index contributed by atoms with van der Waals surface area (Å²) in [6.45, 7) is 0. The van der Waals surface area contributed by atoms with Crippen molar-refractivity contribution >= 4 is 67.1 Å². The molecule has 0 radical (unpaired) electrons. The normalized spacial score (nSPS) is 12.0. The van der Waals surface area contributed by atoms with Crippen LogP contribution in [0.5, 0.6) is 0 Å². The maximum atomic E-state index is 12.9. The van der Waals surface area contributed by atoms with E-state index in [1.54, 1.807) is 24.3 Å². The molecule has 4 rings (SSSR count). The molecule has 30 heavy (non-hydrogen) atoms. The van der Waals surface area contributed by atoms with Crippen LogP contribution in [0.2, 0.25) is 5.02 Å². The zero-order chi connectivity index (χ0) is 21.1. The first-order chi connectivity index (χ1) is 14.5. The lowest BCUT2D eigenvalue weighted by molar-refractivity contribution is -0.384. The van der Waals surface area contributed by atoms with Gasteiger partial charge in [-0.2, -0.15) is 0 Å². The molecule has 0 amide bonds. The van der Waals surface area contributed by atoms with E-state index in [1.807, 2.05) is 42.5 Å². The number of fused-ring (bicyclic) bond motifs is 1. The number of thioether (sulfide) groups is 1. The van der Waals surface area contributed by atoms with Crippen molar-refractivity contribution < 1.29 is 9.13 Å². The average molecular weight is 475 g/mol. The van der Waals surface area contributed by atoms with Gasteiger partial charge in [-0.3, -0.25) is 14.8 Å². The molecule has 0 saturated heterocycles. The SMILES string of the molecule is O=[N+]([O-])c1cccc(CSc2ccc(Cl)cc2NS(=O)c2cc3ccccc3s2)c1. The van der Waals surface area contributed by atoms with Crippen molar-refractivity contribution in [3.8, 4) is 0 Å². The minimum absolute atomic E-state index is 0.0634. The summed E-state index contributed by atoms with van der Waals surface area (Å²) in [5, 5.41) is 12.6. The number of non-ortho nitro benzene ring substituents is 1. The van der Waals surface area contributed by atoms with Crippen LogP contribution < -0.4 is 4.72 Å². The molecule has 0 fully saturated rings. The Bertz CT molecular complexity index is 1230. The fraction of sp³-hybridized carbons (Fsp3) is 0.0476. The van der Waals surface area contributed by atoms with Gasteiger partial charge in [-0.1, -0.05) is 41.9 Å². The van der Waals surface area contributed by atoms with Gasteiger partial charge in [-0.25, -0.2) is 4.21 Å². The van der Waals surface area contributed by atoms with Gasteiger partial charge in [-0.15, -0.1) is 23.1 Å². The summed E-state index contributed by atoms with van der Waals surface area (Å²) >= 11 is 9.14. The van der Waals surface area contributed by atoms with Crippen LogP contribution in [0.3, 0.4) is 0 Å². The molecule has 0 aliphatic rings. The van der Waals surface area contributed by atoms with Crippen molar-refractivity contribution in [2.75, 3.05) is 4.72 Å². The number of nitrogens with one attached hydrogen (secondary N) is 1. The first kappa shape index (κ1) is 20.9. The summed E-state index contributed by atoms with van der Waals surface area (Å²) in [5.41, 5.74) is 1.56. The van der Waals surface area contributed by atoms with Gasteiger partial charge in [0.05, 0.1) is 10.6 Å². The van der Waals surface area contributed by atoms with E-state index >= 15 is 0 Å². The Balaban J connectivity index is 1.53. The highest BCUT2D eigenvalue weighted by molar-refractivity contribution is 7.98. The molecule has 0 saturated carbocycles. The zero-order valence-electron chi connectivity index (χ0n) is 15.4. The summed E-state index contributed by atoms with van der Waals surface area (Å²) in [6.07, 6.45) is 0. The Hall–Kier alpha value is -2.39. The van der Waals surface area contributed by atoms with Crippen molar-refractivity contribution in [2.24, 2.45) is 0 Å². The number of halogens is 1. The number of benzene rings is 3. The number of anilines is 1. The highest BCUT2D eigenvalue weighted by Gasteiger charge is 2.13. The summed E-state index contributed by atoms with van der Waals surface area (Å²) in [5.74, 6) is 0.535. The number of thiophene rings is 1. The fourth-order valence-electron chi connectivity index (χ4n) is 2.83. The Morgan fingerprint density at radius 1 is 1.07 bits per heavy atom. The smallest absolute Gasteiger partial charge is 0.269 e. The molecule has 1 atom stereocenters. The van der Waals surface area contributed by atoms with E-state index in [0.717, 1.165) is 24.8 Å². The van der Waals surface area contributed by atoms with Crippen molar-refractivity contribution in [2.45, 2.75) is 14.9 Å². The van der Waals surface area contributed by atoms with E-state index in [0.29, 0.717) is 16.5 Å². The van der Waals surface area contributed by atoms with Crippen LogP contribution in [0.15, 0.2) is 81.9 Å². The van der Waals surface area contributed by atoms with E-state index in [4.69, 9.17) is 11.6 Å². The summed E-state index contributed by atoms with van der Waals surface area (Å²) in [4.78, 5) is 11.4. The second-order valence-corrected chi connectivity index (χ2v) is 10.3. The Kier molecular flexibility index (Phi) is 6.38. The van der Waals surface area contributed by atoms with Crippen LogP contribution in [-0.4, -0.2) is 9.13 Å². The number of hydrogen-bond acceptors (Lipinski definition) is 5. The topological polar surface area (TPSA) is 72.2 Å². The van der Waals surface area contributed by atoms with Crippen molar-refractivity contribution in [1.82, 2.24) is 0 Å².